The first-order valence-corrected chi connectivity index (χ1v) is 6.76. The number of non-ortho nitro benzene ring substituents is 1. The van der Waals surface area contributed by atoms with Gasteiger partial charge in [-0.3, -0.25) is 15.1 Å². The lowest BCUT2D eigenvalue weighted by atomic mass is 10.2. The summed E-state index contributed by atoms with van der Waals surface area (Å²) in [6, 6.07) is 6.68. The van der Waals surface area contributed by atoms with Gasteiger partial charge < -0.3 is 0 Å². The van der Waals surface area contributed by atoms with Crippen LogP contribution in [-0.4, -0.2) is 21.6 Å². The lowest BCUT2D eigenvalue weighted by Gasteiger charge is -2.00. The van der Waals surface area contributed by atoms with Gasteiger partial charge in [0.2, 0.25) is 0 Å². The molecule has 0 amide bonds. The SMILES string of the molecule is O=[N+]([O-])c1ccc(CSC2=NCCS2)cc1. The number of aliphatic imine (C=N–C) groups is 1. The molecule has 6 heteroatoms. The van der Waals surface area contributed by atoms with Gasteiger partial charge in [-0.15, -0.1) is 0 Å². The van der Waals surface area contributed by atoms with E-state index in [2.05, 4.69) is 4.99 Å². The van der Waals surface area contributed by atoms with Crippen molar-refractivity contribution >= 4 is 33.6 Å². The second kappa shape index (κ2) is 5.36. The Hall–Kier alpha value is -1.01. The Labute approximate surface area is 102 Å². The zero-order valence-electron chi connectivity index (χ0n) is 8.46. The quantitative estimate of drug-likeness (QED) is 0.614. The lowest BCUT2D eigenvalue weighted by molar-refractivity contribution is -0.384. The van der Waals surface area contributed by atoms with E-state index in [0.717, 1.165) is 28.0 Å². The van der Waals surface area contributed by atoms with Crippen molar-refractivity contribution in [3.05, 3.63) is 39.9 Å². The Morgan fingerprint density at radius 1 is 1.44 bits per heavy atom. The van der Waals surface area contributed by atoms with Crippen LogP contribution in [0.3, 0.4) is 0 Å². The van der Waals surface area contributed by atoms with Crippen LogP contribution >= 0.6 is 23.5 Å². The molecule has 1 aromatic carbocycles. The highest BCUT2D eigenvalue weighted by atomic mass is 32.2. The topological polar surface area (TPSA) is 55.5 Å². The van der Waals surface area contributed by atoms with Crippen LogP contribution < -0.4 is 0 Å². The summed E-state index contributed by atoms with van der Waals surface area (Å²) in [5, 5.41) is 10.5. The molecule has 1 aromatic rings. The molecule has 0 saturated carbocycles. The van der Waals surface area contributed by atoms with Gasteiger partial charge in [0.05, 0.1) is 11.5 Å². The summed E-state index contributed by atoms with van der Waals surface area (Å²) >= 11 is 3.47. The van der Waals surface area contributed by atoms with E-state index < -0.39 is 0 Å². The van der Waals surface area contributed by atoms with Crippen LogP contribution in [0.1, 0.15) is 5.56 Å². The van der Waals surface area contributed by atoms with Gasteiger partial charge >= 0.3 is 0 Å². The Balaban J connectivity index is 1.92. The number of nitro groups is 1. The predicted molar refractivity (Wildman–Crippen MR) is 69.2 cm³/mol. The van der Waals surface area contributed by atoms with Gasteiger partial charge in [0.15, 0.2) is 0 Å². The van der Waals surface area contributed by atoms with Crippen LogP contribution in [0.15, 0.2) is 29.3 Å². The minimum absolute atomic E-state index is 0.140. The largest absolute Gasteiger partial charge is 0.271 e. The lowest BCUT2D eigenvalue weighted by Crippen LogP contribution is -1.89. The molecule has 2 rings (SSSR count). The third kappa shape index (κ3) is 2.99. The molecule has 4 nitrogen and oxygen atoms in total. The van der Waals surface area contributed by atoms with Gasteiger partial charge in [0, 0.05) is 23.6 Å². The van der Waals surface area contributed by atoms with E-state index in [1.54, 1.807) is 47.8 Å². The molecule has 1 aliphatic rings. The van der Waals surface area contributed by atoms with Crippen molar-refractivity contribution in [2.45, 2.75) is 5.75 Å². The zero-order valence-corrected chi connectivity index (χ0v) is 10.1. The second-order valence-electron chi connectivity index (χ2n) is 3.21. The summed E-state index contributed by atoms with van der Waals surface area (Å²) in [6.45, 7) is 0.910. The van der Waals surface area contributed by atoms with Crippen molar-refractivity contribution in [1.82, 2.24) is 0 Å². The van der Waals surface area contributed by atoms with Crippen molar-refractivity contribution < 1.29 is 4.92 Å². The van der Waals surface area contributed by atoms with Gasteiger partial charge in [-0.25, -0.2) is 0 Å². The molecule has 0 spiro atoms. The Kier molecular flexibility index (Phi) is 3.84. The fourth-order valence-electron chi connectivity index (χ4n) is 1.26. The Bertz CT molecular complexity index is 417. The van der Waals surface area contributed by atoms with E-state index in [1.165, 1.54) is 0 Å². The van der Waals surface area contributed by atoms with E-state index in [1.807, 2.05) is 0 Å². The van der Waals surface area contributed by atoms with Gasteiger partial charge in [0.25, 0.3) is 5.69 Å². The maximum Gasteiger partial charge on any atom is 0.269 e. The van der Waals surface area contributed by atoms with E-state index >= 15 is 0 Å². The van der Waals surface area contributed by atoms with Crippen LogP contribution in [0.2, 0.25) is 0 Å². The standard InChI is InChI=1S/C10H10N2O2S2/c13-12(14)9-3-1-8(2-4-9)7-16-10-11-5-6-15-10/h1-4H,5-7H2. The molecule has 0 radical (unpaired) electrons. The molecule has 0 bridgehead atoms. The number of hydrogen-bond donors (Lipinski definition) is 0. The van der Waals surface area contributed by atoms with Crippen molar-refractivity contribution in [1.29, 1.82) is 0 Å². The first kappa shape index (κ1) is 11.5. The minimum Gasteiger partial charge on any atom is -0.271 e. The average molecular weight is 254 g/mol. The molecule has 0 unspecified atom stereocenters. The van der Waals surface area contributed by atoms with Crippen molar-refractivity contribution in [3.63, 3.8) is 0 Å². The zero-order chi connectivity index (χ0) is 11.4. The first-order chi connectivity index (χ1) is 7.75. The molecule has 0 saturated heterocycles. The minimum atomic E-state index is -0.381. The summed E-state index contributed by atoms with van der Waals surface area (Å²) < 4.78 is 1.12. The number of rotatable bonds is 3. The molecule has 0 aromatic heterocycles. The second-order valence-corrected chi connectivity index (χ2v) is 5.51. The van der Waals surface area contributed by atoms with Gasteiger partial charge in [-0.1, -0.05) is 35.7 Å². The number of thioether (sulfide) groups is 2. The van der Waals surface area contributed by atoms with Crippen LogP contribution in [-0.2, 0) is 5.75 Å². The third-order valence-electron chi connectivity index (χ3n) is 2.07. The number of nitro benzene ring substituents is 1. The number of nitrogens with zero attached hydrogens (tertiary/aromatic N) is 2. The van der Waals surface area contributed by atoms with Gasteiger partial charge in [-0.2, -0.15) is 0 Å². The normalized spacial score (nSPS) is 14.9. The summed E-state index contributed by atoms with van der Waals surface area (Å²) in [7, 11) is 0. The van der Waals surface area contributed by atoms with E-state index in [-0.39, 0.29) is 10.6 Å². The molecule has 0 atom stereocenters. The molecular weight excluding hydrogens is 244 g/mol. The van der Waals surface area contributed by atoms with Gasteiger partial charge in [-0.05, 0) is 5.56 Å². The first-order valence-electron chi connectivity index (χ1n) is 4.79. The molecule has 0 N–H and O–H groups in total. The van der Waals surface area contributed by atoms with Crippen LogP contribution in [0.5, 0.6) is 0 Å². The Morgan fingerprint density at radius 3 is 2.75 bits per heavy atom. The molecule has 1 heterocycles. The number of hydrogen-bond acceptors (Lipinski definition) is 5. The van der Waals surface area contributed by atoms with E-state index in [0.29, 0.717) is 0 Å². The maximum atomic E-state index is 10.5. The molecule has 0 fully saturated rings. The Morgan fingerprint density at radius 2 is 2.19 bits per heavy atom. The van der Waals surface area contributed by atoms with Crippen LogP contribution in [0, 0.1) is 10.1 Å². The molecular formula is C10H10N2O2S2. The van der Waals surface area contributed by atoms with Crippen molar-refractivity contribution in [3.8, 4) is 0 Å². The maximum absolute atomic E-state index is 10.5. The summed E-state index contributed by atoms with van der Waals surface area (Å²) in [4.78, 5) is 14.4. The van der Waals surface area contributed by atoms with Gasteiger partial charge in [0.1, 0.15) is 4.38 Å². The highest BCUT2D eigenvalue weighted by molar-refractivity contribution is 8.38. The molecule has 1 aliphatic heterocycles. The molecule has 84 valence electrons. The van der Waals surface area contributed by atoms with E-state index in [4.69, 9.17) is 0 Å². The highest BCUT2D eigenvalue weighted by Crippen LogP contribution is 2.25. The number of benzene rings is 1. The molecule has 16 heavy (non-hydrogen) atoms. The van der Waals surface area contributed by atoms with Crippen LogP contribution in [0.4, 0.5) is 5.69 Å². The smallest absolute Gasteiger partial charge is 0.269 e. The fourth-order valence-corrected chi connectivity index (χ4v) is 3.23. The molecule has 0 aliphatic carbocycles. The average Bonchev–Trinajstić information content (AvgIpc) is 2.80. The fraction of sp³-hybridized carbons (Fsp3) is 0.300. The third-order valence-corrected chi connectivity index (χ3v) is 4.39. The monoisotopic (exact) mass is 254 g/mol. The van der Waals surface area contributed by atoms with Crippen molar-refractivity contribution in [2.75, 3.05) is 12.3 Å². The summed E-state index contributed by atoms with van der Waals surface area (Å²) in [5.74, 6) is 1.90. The van der Waals surface area contributed by atoms with Crippen LogP contribution in [0.25, 0.3) is 0 Å². The van der Waals surface area contributed by atoms with Crippen molar-refractivity contribution in [2.24, 2.45) is 4.99 Å². The van der Waals surface area contributed by atoms with E-state index in [9.17, 15) is 10.1 Å². The predicted octanol–water partition coefficient (Wildman–Crippen LogP) is 2.93. The summed E-state index contributed by atoms with van der Waals surface area (Å²) in [5.41, 5.74) is 1.23. The highest BCUT2D eigenvalue weighted by Gasteiger charge is 2.08. The summed E-state index contributed by atoms with van der Waals surface area (Å²) in [6.07, 6.45) is 0.